The molecule has 1 atom stereocenters. The maximum absolute atomic E-state index is 12.4. The first-order valence-corrected chi connectivity index (χ1v) is 9.44. The molecular weight excluding hydrogens is 356 g/mol. The van der Waals surface area contributed by atoms with Gasteiger partial charge in [0.05, 0.1) is 5.92 Å². The van der Waals surface area contributed by atoms with Gasteiger partial charge in [-0.2, -0.15) is 0 Å². The third-order valence-corrected chi connectivity index (χ3v) is 4.80. The van der Waals surface area contributed by atoms with Gasteiger partial charge in [-0.15, -0.1) is 0 Å². The highest BCUT2D eigenvalue weighted by molar-refractivity contribution is 6.00. The zero-order valence-corrected chi connectivity index (χ0v) is 15.9. The van der Waals surface area contributed by atoms with E-state index >= 15 is 0 Å². The Morgan fingerprint density at radius 2 is 1.82 bits per heavy atom. The minimum Gasteiger partial charge on any atom is -0.455 e. The average Bonchev–Trinajstić information content (AvgIpc) is 3.12. The molecule has 3 rings (SSSR count). The zero-order chi connectivity index (χ0) is 19.9. The van der Waals surface area contributed by atoms with Crippen molar-refractivity contribution in [1.82, 2.24) is 5.32 Å². The van der Waals surface area contributed by atoms with Crippen molar-refractivity contribution in [3.05, 3.63) is 65.7 Å². The highest BCUT2D eigenvalue weighted by Crippen LogP contribution is 2.29. The van der Waals surface area contributed by atoms with Crippen molar-refractivity contribution in [2.45, 2.75) is 26.3 Å². The lowest BCUT2D eigenvalue weighted by atomic mass is 10.1. The number of carbonyl (C=O) groups is 3. The number of ether oxygens (including phenoxy) is 1. The van der Waals surface area contributed by atoms with Gasteiger partial charge in [0.2, 0.25) is 5.91 Å². The first-order valence-electron chi connectivity index (χ1n) is 9.44. The topological polar surface area (TPSA) is 75.7 Å². The molecule has 0 unspecified atom stereocenters. The predicted octanol–water partition coefficient (Wildman–Crippen LogP) is 2.46. The number of rotatable bonds is 7. The van der Waals surface area contributed by atoms with Crippen molar-refractivity contribution < 1.29 is 19.1 Å². The fraction of sp³-hybridized carbons (Fsp3) is 0.318. The van der Waals surface area contributed by atoms with Gasteiger partial charge in [-0.25, -0.2) is 0 Å². The van der Waals surface area contributed by atoms with Crippen LogP contribution in [0.3, 0.4) is 0 Å². The standard InChI is InChI=1S/C22H24N2O4/c1-2-17-10-6-7-11-19(17)24-14-18(12-21(24)26)22(27)28-15-20(25)23-13-16-8-4-3-5-9-16/h3-11,18H,2,12-15H2,1H3,(H,23,25)/t18-/m1/s1. The monoisotopic (exact) mass is 380 g/mol. The van der Waals surface area contributed by atoms with E-state index in [-0.39, 0.29) is 31.4 Å². The van der Waals surface area contributed by atoms with Crippen LogP contribution in [0.4, 0.5) is 5.69 Å². The molecule has 146 valence electrons. The van der Waals surface area contributed by atoms with E-state index < -0.39 is 11.9 Å². The second-order valence-electron chi connectivity index (χ2n) is 6.76. The fourth-order valence-electron chi connectivity index (χ4n) is 3.27. The molecule has 0 radical (unpaired) electrons. The summed E-state index contributed by atoms with van der Waals surface area (Å²) in [5, 5.41) is 2.71. The molecule has 28 heavy (non-hydrogen) atoms. The lowest BCUT2D eigenvalue weighted by Crippen LogP contribution is -2.31. The third kappa shape index (κ3) is 4.76. The molecule has 0 aromatic heterocycles. The van der Waals surface area contributed by atoms with Gasteiger partial charge in [-0.05, 0) is 23.6 Å². The van der Waals surface area contributed by atoms with Gasteiger partial charge in [-0.3, -0.25) is 14.4 Å². The van der Waals surface area contributed by atoms with Gasteiger partial charge in [0, 0.05) is 25.2 Å². The molecule has 1 saturated heterocycles. The molecular formula is C22H24N2O4. The van der Waals surface area contributed by atoms with Crippen LogP contribution in [0.2, 0.25) is 0 Å². The van der Waals surface area contributed by atoms with Crippen molar-refractivity contribution in [3.63, 3.8) is 0 Å². The Bertz CT molecular complexity index is 851. The average molecular weight is 380 g/mol. The molecule has 1 fully saturated rings. The zero-order valence-electron chi connectivity index (χ0n) is 15.9. The van der Waals surface area contributed by atoms with Crippen molar-refractivity contribution in [1.29, 1.82) is 0 Å². The fourth-order valence-corrected chi connectivity index (χ4v) is 3.27. The number of nitrogens with zero attached hydrogens (tertiary/aromatic N) is 1. The molecule has 6 heteroatoms. The lowest BCUT2D eigenvalue weighted by molar-refractivity contribution is -0.152. The normalized spacial score (nSPS) is 16.1. The number of hydrogen-bond acceptors (Lipinski definition) is 4. The second-order valence-corrected chi connectivity index (χ2v) is 6.76. The molecule has 2 amide bonds. The molecule has 1 aliphatic rings. The van der Waals surface area contributed by atoms with Crippen LogP contribution in [0.1, 0.15) is 24.5 Å². The third-order valence-electron chi connectivity index (χ3n) is 4.80. The number of aryl methyl sites for hydroxylation is 1. The molecule has 0 bridgehead atoms. The summed E-state index contributed by atoms with van der Waals surface area (Å²) in [7, 11) is 0. The molecule has 1 aliphatic heterocycles. The van der Waals surface area contributed by atoms with E-state index in [1.165, 1.54) is 0 Å². The van der Waals surface area contributed by atoms with Crippen LogP contribution in [0, 0.1) is 5.92 Å². The maximum Gasteiger partial charge on any atom is 0.311 e. The Morgan fingerprint density at radius 1 is 1.11 bits per heavy atom. The second kappa shape index (κ2) is 9.17. The summed E-state index contributed by atoms with van der Waals surface area (Å²) >= 11 is 0. The Hall–Kier alpha value is -3.15. The molecule has 6 nitrogen and oxygen atoms in total. The van der Waals surface area contributed by atoms with Crippen molar-refractivity contribution in [3.8, 4) is 0 Å². The largest absolute Gasteiger partial charge is 0.455 e. The van der Waals surface area contributed by atoms with Crippen molar-refractivity contribution in [2.75, 3.05) is 18.1 Å². The summed E-state index contributed by atoms with van der Waals surface area (Å²) in [6, 6.07) is 17.2. The van der Waals surface area contributed by atoms with E-state index in [4.69, 9.17) is 4.74 Å². The van der Waals surface area contributed by atoms with Gasteiger partial charge in [-0.1, -0.05) is 55.5 Å². The van der Waals surface area contributed by atoms with Crippen LogP contribution < -0.4 is 10.2 Å². The van der Waals surface area contributed by atoms with Crippen molar-refractivity contribution >= 4 is 23.5 Å². The number of para-hydroxylation sites is 1. The van der Waals surface area contributed by atoms with E-state index in [9.17, 15) is 14.4 Å². The minimum atomic E-state index is -0.556. The first-order chi connectivity index (χ1) is 13.6. The van der Waals surface area contributed by atoms with Gasteiger partial charge < -0.3 is 15.0 Å². The van der Waals surface area contributed by atoms with E-state index in [0.29, 0.717) is 6.54 Å². The molecule has 2 aromatic rings. The molecule has 2 aromatic carbocycles. The summed E-state index contributed by atoms with van der Waals surface area (Å²) < 4.78 is 5.14. The highest BCUT2D eigenvalue weighted by atomic mass is 16.5. The minimum absolute atomic E-state index is 0.0997. The van der Waals surface area contributed by atoms with E-state index in [0.717, 1.165) is 23.2 Å². The summed E-state index contributed by atoms with van der Waals surface area (Å²) in [4.78, 5) is 38.3. The van der Waals surface area contributed by atoms with Gasteiger partial charge >= 0.3 is 5.97 Å². The van der Waals surface area contributed by atoms with Crippen LogP contribution in [0.5, 0.6) is 0 Å². The number of anilines is 1. The summed E-state index contributed by atoms with van der Waals surface area (Å²) in [6.45, 7) is 2.34. The Morgan fingerprint density at radius 3 is 2.57 bits per heavy atom. The number of esters is 1. The lowest BCUT2D eigenvalue weighted by Gasteiger charge is -2.19. The van der Waals surface area contributed by atoms with Crippen LogP contribution in [0.25, 0.3) is 0 Å². The Balaban J connectivity index is 1.50. The van der Waals surface area contributed by atoms with Crippen LogP contribution in [-0.4, -0.2) is 30.9 Å². The number of carbonyl (C=O) groups excluding carboxylic acids is 3. The van der Waals surface area contributed by atoms with E-state index in [1.807, 2.05) is 61.5 Å². The number of hydrogen-bond donors (Lipinski definition) is 1. The molecule has 0 saturated carbocycles. The highest BCUT2D eigenvalue weighted by Gasteiger charge is 2.36. The predicted molar refractivity (Wildman–Crippen MR) is 106 cm³/mol. The maximum atomic E-state index is 12.4. The summed E-state index contributed by atoms with van der Waals surface area (Å²) in [5.41, 5.74) is 2.87. The van der Waals surface area contributed by atoms with Crippen molar-refractivity contribution in [2.24, 2.45) is 5.92 Å². The number of benzene rings is 2. The SMILES string of the molecule is CCc1ccccc1N1C[C@H](C(=O)OCC(=O)NCc2ccccc2)CC1=O. The summed E-state index contributed by atoms with van der Waals surface area (Å²) in [5.74, 6) is -1.54. The van der Waals surface area contributed by atoms with Gasteiger partial charge in [0.15, 0.2) is 6.61 Å². The summed E-state index contributed by atoms with van der Waals surface area (Å²) in [6.07, 6.45) is 0.902. The van der Waals surface area contributed by atoms with E-state index in [2.05, 4.69) is 5.32 Å². The molecule has 1 N–H and O–H groups in total. The smallest absolute Gasteiger partial charge is 0.311 e. The first kappa shape index (κ1) is 19.6. The Labute approximate surface area is 164 Å². The van der Waals surface area contributed by atoms with Crippen LogP contribution >= 0.6 is 0 Å². The number of nitrogens with one attached hydrogen (secondary N) is 1. The van der Waals surface area contributed by atoms with Gasteiger partial charge in [0.1, 0.15) is 0 Å². The van der Waals surface area contributed by atoms with E-state index in [1.54, 1.807) is 4.90 Å². The van der Waals surface area contributed by atoms with Crippen LogP contribution in [-0.2, 0) is 32.1 Å². The van der Waals surface area contributed by atoms with Crippen LogP contribution in [0.15, 0.2) is 54.6 Å². The molecule has 0 spiro atoms. The molecule has 1 heterocycles. The Kier molecular flexibility index (Phi) is 6.42. The van der Waals surface area contributed by atoms with Gasteiger partial charge in [0.25, 0.3) is 5.91 Å². The number of amides is 2. The quantitative estimate of drug-likeness (QED) is 0.749. The molecule has 0 aliphatic carbocycles.